The molecule has 22 heavy (non-hydrogen) atoms. The molecule has 0 aromatic heterocycles. The summed E-state index contributed by atoms with van der Waals surface area (Å²) in [5, 5.41) is 3.63. The van der Waals surface area contributed by atoms with Crippen LogP contribution < -0.4 is 10.2 Å². The third-order valence-electron chi connectivity index (χ3n) is 3.64. The SMILES string of the molecule is CC[NH+](CC(=O)NCc1ccccc1Cl)Cc1ccccc1. The highest BCUT2D eigenvalue weighted by Gasteiger charge is 2.13. The molecule has 0 saturated carbocycles. The molecule has 0 spiro atoms. The molecule has 1 unspecified atom stereocenters. The fourth-order valence-corrected chi connectivity index (χ4v) is 2.52. The zero-order valence-electron chi connectivity index (χ0n) is 12.8. The Balaban J connectivity index is 1.83. The lowest BCUT2D eigenvalue weighted by molar-refractivity contribution is -0.904. The van der Waals surface area contributed by atoms with Crippen LogP contribution in [-0.2, 0) is 17.9 Å². The Bertz CT molecular complexity index is 601. The van der Waals surface area contributed by atoms with Gasteiger partial charge in [-0.05, 0) is 18.6 Å². The Morgan fingerprint density at radius 1 is 1.09 bits per heavy atom. The van der Waals surface area contributed by atoms with E-state index < -0.39 is 0 Å². The lowest BCUT2D eigenvalue weighted by Crippen LogP contribution is -3.11. The van der Waals surface area contributed by atoms with Gasteiger partial charge in [-0.1, -0.05) is 60.1 Å². The van der Waals surface area contributed by atoms with Crippen LogP contribution in [0.4, 0.5) is 0 Å². The van der Waals surface area contributed by atoms with Gasteiger partial charge in [-0.25, -0.2) is 0 Å². The van der Waals surface area contributed by atoms with Gasteiger partial charge >= 0.3 is 0 Å². The molecule has 0 aliphatic rings. The molecule has 2 aromatic rings. The van der Waals surface area contributed by atoms with Gasteiger partial charge in [0.25, 0.3) is 5.91 Å². The van der Waals surface area contributed by atoms with E-state index in [0.29, 0.717) is 18.1 Å². The minimum atomic E-state index is 0.0488. The molecule has 0 radical (unpaired) electrons. The largest absolute Gasteiger partial charge is 0.347 e. The number of benzene rings is 2. The molecule has 2 rings (SSSR count). The van der Waals surface area contributed by atoms with Crippen molar-refractivity contribution in [3.05, 3.63) is 70.7 Å². The lowest BCUT2D eigenvalue weighted by Gasteiger charge is -2.17. The van der Waals surface area contributed by atoms with Gasteiger partial charge in [0.05, 0.1) is 6.54 Å². The normalized spacial score (nSPS) is 11.9. The van der Waals surface area contributed by atoms with Crippen molar-refractivity contribution in [1.29, 1.82) is 0 Å². The van der Waals surface area contributed by atoms with Gasteiger partial charge in [0.15, 0.2) is 6.54 Å². The van der Waals surface area contributed by atoms with Gasteiger partial charge < -0.3 is 10.2 Å². The first kappa shape index (κ1) is 16.5. The fourth-order valence-electron chi connectivity index (χ4n) is 2.32. The Hall–Kier alpha value is -1.84. The van der Waals surface area contributed by atoms with Crippen LogP contribution in [0.2, 0.25) is 5.02 Å². The van der Waals surface area contributed by atoms with Crippen LogP contribution in [0.15, 0.2) is 54.6 Å². The fraction of sp³-hybridized carbons (Fsp3) is 0.278. The number of nitrogens with one attached hydrogen (secondary N) is 2. The van der Waals surface area contributed by atoms with Crippen molar-refractivity contribution in [3.8, 4) is 0 Å². The Labute approximate surface area is 136 Å². The summed E-state index contributed by atoms with van der Waals surface area (Å²) >= 11 is 6.09. The van der Waals surface area contributed by atoms with Crippen LogP contribution in [0.1, 0.15) is 18.1 Å². The van der Waals surface area contributed by atoms with E-state index in [1.165, 1.54) is 10.5 Å². The van der Waals surface area contributed by atoms with E-state index in [-0.39, 0.29) is 5.91 Å². The zero-order chi connectivity index (χ0) is 15.8. The van der Waals surface area contributed by atoms with Crippen LogP contribution >= 0.6 is 11.6 Å². The summed E-state index contributed by atoms with van der Waals surface area (Å²) in [6, 6.07) is 17.8. The molecule has 0 saturated heterocycles. The second kappa shape index (κ2) is 8.57. The molecule has 0 bridgehead atoms. The van der Waals surface area contributed by atoms with Gasteiger partial charge in [0.2, 0.25) is 0 Å². The highest BCUT2D eigenvalue weighted by atomic mass is 35.5. The summed E-state index contributed by atoms with van der Waals surface area (Å²) in [6.07, 6.45) is 0. The minimum absolute atomic E-state index is 0.0488. The van der Waals surface area contributed by atoms with Gasteiger partial charge in [-0.3, -0.25) is 4.79 Å². The van der Waals surface area contributed by atoms with E-state index in [0.717, 1.165) is 18.7 Å². The van der Waals surface area contributed by atoms with Crippen molar-refractivity contribution in [2.45, 2.75) is 20.0 Å². The molecule has 2 aromatic carbocycles. The standard InChI is InChI=1S/C18H21ClN2O/c1-2-21(13-15-8-4-3-5-9-15)14-18(22)20-12-16-10-6-7-11-17(16)19/h3-11H,2,12-14H2,1H3,(H,20,22)/p+1. The summed E-state index contributed by atoms with van der Waals surface area (Å²) < 4.78 is 0. The Morgan fingerprint density at radius 2 is 1.77 bits per heavy atom. The molecule has 1 atom stereocenters. The van der Waals surface area contributed by atoms with Crippen molar-refractivity contribution >= 4 is 17.5 Å². The number of rotatable bonds is 7. The molecule has 3 nitrogen and oxygen atoms in total. The molecule has 2 N–H and O–H groups in total. The van der Waals surface area contributed by atoms with Gasteiger partial charge in [-0.2, -0.15) is 0 Å². The summed E-state index contributed by atoms with van der Waals surface area (Å²) in [5.41, 5.74) is 2.19. The van der Waals surface area contributed by atoms with Gasteiger partial charge in [0, 0.05) is 17.1 Å². The summed E-state index contributed by atoms with van der Waals surface area (Å²) in [7, 11) is 0. The molecular weight excluding hydrogens is 296 g/mol. The zero-order valence-corrected chi connectivity index (χ0v) is 13.6. The van der Waals surface area contributed by atoms with E-state index in [1.807, 2.05) is 42.5 Å². The van der Waals surface area contributed by atoms with Crippen molar-refractivity contribution < 1.29 is 9.69 Å². The third-order valence-corrected chi connectivity index (χ3v) is 4.01. The second-order valence-electron chi connectivity index (χ2n) is 5.31. The molecule has 0 aliphatic heterocycles. The topological polar surface area (TPSA) is 33.5 Å². The summed E-state index contributed by atoms with van der Waals surface area (Å²) in [6.45, 7) is 4.81. The van der Waals surface area contributed by atoms with Crippen molar-refractivity contribution in [1.82, 2.24) is 5.32 Å². The van der Waals surface area contributed by atoms with E-state index in [9.17, 15) is 4.79 Å². The third kappa shape index (κ3) is 5.17. The van der Waals surface area contributed by atoms with E-state index in [1.54, 1.807) is 0 Å². The molecular formula is C18H22ClN2O+. The number of likely N-dealkylation sites (N-methyl/N-ethyl adjacent to an activating group) is 1. The summed E-state index contributed by atoms with van der Waals surface area (Å²) in [4.78, 5) is 13.4. The quantitative estimate of drug-likeness (QED) is 0.805. The van der Waals surface area contributed by atoms with Gasteiger partial charge in [-0.15, -0.1) is 0 Å². The van der Waals surface area contributed by atoms with Gasteiger partial charge in [0.1, 0.15) is 6.54 Å². The predicted molar refractivity (Wildman–Crippen MR) is 89.8 cm³/mol. The summed E-state index contributed by atoms with van der Waals surface area (Å²) in [5.74, 6) is 0.0488. The van der Waals surface area contributed by atoms with E-state index >= 15 is 0 Å². The van der Waals surface area contributed by atoms with Crippen molar-refractivity contribution in [2.24, 2.45) is 0 Å². The maximum Gasteiger partial charge on any atom is 0.275 e. The maximum absolute atomic E-state index is 12.1. The molecule has 1 amide bonds. The average molecular weight is 318 g/mol. The van der Waals surface area contributed by atoms with Crippen LogP contribution in [0.5, 0.6) is 0 Å². The van der Waals surface area contributed by atoms with Crippen LogP contribution in [0.3, 0.4) is 0 Å². The maximum atomic E-state index is 12.1. The monoisotopic (exact) mass is 317 g/mol. The average Bonchev–Trinajstić information content (AvgIpc) is 2.54. The predicted octanol–water partition coefficient (Wildman–Crippen LogP) is 2.06. The molecule has 116 valence electrons. The van der Waals surface area contributed by atoms with Crippen molar-refractivity contribution in [2.75, 3.05) is 13.1 Å². The molecule has 0 aliphatic carbocycles. The number of hydrogen-bond donors (Lipinski definition) is 2. The molecule has 0 heterocycles. The Kier molecular flexibility index (Phi) is 6.44. The smallest absolute Gasteiger partial charge is 0.275 e. The number of carbonyl (C=O) groups excluding carboxylic acids is 1. The number of hydrogen-bond acceptors (Lipinski definition) is 1. The lowest BCUT2D eigenvalue weighted by atomic mass is 10.2. The number of carbonyl (C=O) groups is 1. The molecule has 0 fully saturated rings. The first-order valence-electron chi connectivity index (χ1n) is 7.56. The van der Waals surface area contributed by atoms with Crippen molar-refractivity contribution in [3.63, 3.8) is 0 Å². The first-order chi connectivity index (χ1) is 10.7. The number of halogens is 1. The minimum Gasteiger partial charge on any atom is -0.347 e. The van der Waals surface area contributed by atoms with E-state index in [2.05, 4.69) is 24.4 Å². The number of amides is 1. The highest BCUT2D eigenvalue weighted by Crippen LogP contribution is 2.13. The van der Waals surface area contributed by atoms with Crippen LogP contribution in [0, 0.1) is 0 Å². The van der Waals surface area contributed by atoms with Crippen LogP contribution in [-0.4, -0.2) is 19.0 Å². The second-order valence-corrected chi connectivity index (χ2v) is 5.72. The first-order valence-corrected chi connectivity index (χ1v) is 7.94. The molecule has 4 heteroatoms. The van der Waals surface area contributed by atoms with Crippen LogP contribution in [0.25, 0.3) is 0 Å². The number of quaternary nitrogens is 1. The van der Waals surface area contributed by atoms with E-state index in [4.69, 9.17) is 11.6 Å². The highest BCUT2D eigenvalue weighted by molar-refractivity contribution is 6.31. The Morgan fingerprint density at radius 3 is 2.45 bits per heavy atom.